The van der Waals surface area contributed by atoms with Crippen LogP contribution in [0.3, 0.4) is 0 Å². The second kappa shape index (κ2) is 12.7. The van der Waals surface area contributed by atoms with Crippen LogP contribution in [0.25, 0.3) is 10.9 Å². The number of para-hydroxylation sites is 1. The monoisotopic (exact) mass is 633 g/mol. The lowest BCUT2D eigenvalue weighted by molar-refractivity contribution is -0.133. The van der Waals surface area contributed by atoms with Gasteiger partial charge in [0.15, 0.2) is 0 Å². The fourth-order valence-corrected chi connectivity index (χ4v) is 6.41. The summed E-state index contributed by atoms with van der Waals surface area (Å²) in [6.45, 7) is 4.90. The number of carbonyl (C=O) groups is 3. The quantitative estimate of drug-likeness (QED) is 0.321. The molecule has 0 saturated carbocycles. The van der Waals surface area contributed by atoms with Crippen molar-refractivity contribution >= 4 is 34.6 Å². The molecule has 0 radical (unpaired) electrons. The van der Waals surface area contributed by atoms with E-state index in [0.717, 1.165) is 39.4 Å². The number of hydrogen-bond donors (Lipinski definition) is 3. The molecule has 3 aliphatic rings. The zero-order valence-electron chi connectivity index (χ0n) is 25.0. The Morgan fingerprint density at radius 3 is 2.63 bits per heavy atom. The summed E-state index contributed by atoms with van der Waals surface area (Å²) < 4.78 is 39.0. The van der Waals surface area contributed by atoms with Crippen LogP contribution < -0.4 is 10.6 Å². The predicted octanol–water partition coefficient (Wildman–Crippen LogP) is 5.27. The van der Waals surface area contributed by atoms with E-state index in [9.17, 15) is 27.6 Å². The fourth-order valence-electron chi connectivity index (χ4n) is 6.41. The van der Waals surface area contributed by atoms with E-state index in [1.807, 2.05) is 36.4 Å². The molecule has 0 aliphatic carbocycles. The van der Waals surface area contributed by atoms with E-state index >= 15 is 0 Å². The van der Waals surface area contributed by atoms with Crippen molar-refractivity contribution in [1.82, 2.24) is 30.2 Å². The molecule has 3 aromatic rings. The van der Waals surface area contributed by atoms with Gasteiger partial charge >= 0.3 is 18.2 Å². The Bertz CT molecular complexity index is 1720. The van der Waals surface area contributed by atoms with Crippen molar-refractivity contribution in [2.75, 3.05) is 25.0 Å². The summed E-state index contributed by atoms with van der Waals surface area (Å²) in [5, 5.41) is 13.7. The molecule has 0 spiro atoms. The Balaban J connectivity index is 1.17. The number of fused-ring (bicyclic) bond motifs is 4. The van der Waals surface area contributed by atoms with Crippen LogP contribution in [0.5, 0.6) is 0 Å². The van der Waals surface area contributed by atoms with Gasteiger partial charge in [-0.25, -0.2) is 9.59 Å². The Morgan fingerprint density at radius 1 is 1.09 bits per heavy atom. The second-order valence-corrected chi connectivity index (χ2v) is 11.7. The minimum Gasteiger partial charge on any atom is -0.332 e. The number of aromatic nitrogens is 2. The maximum absolute atomic E-state index is 14.0. The molecule has 2 aromatic carbocycles. The number of halogens is 3. The summed E-state index contributed by atoms with van der Waals surface area (Å²) in [6.07, 6.45) is 2.36. The number of H-pyrrole nitrogens is 1. The van der Waals surface area contributed by atoms with Crippen molar-refractivity contribution in [3.05, 3.63) is 95.7 Å². The van der Waals surface area contributed by atoms with Crippen molar-refractivity contribution < 1.29 is 27.6 Å². The smallest absolute Gasteiger partial charge is 0.332 e. The number of piperidine rings is 1. The van der Waals surface area contributed by atoms with E-state index in [4.69, 9.17) is 0 Å². The first kappa shape index (κ1) is 30.9. The van der Waals surface area contributed by atoms with E-state index in [-0.39, 0.29) is 43.2 Å². The van der Waals surface area contributed by atoms with E-state index in [2.05, 4.69) is 27.4 Å². The van der Waals surface area contributed by atoms with E-state index in [0.29, 0.717) is 32.5 Å². The highest BCUT2D eigenvalue weighted by molar-refractivity contribution is 5.93. The highest BCUT2D eigenvalue weighted by Gasteiger charge is 2.36. The molecule has 4 heterocycles. The minimum absolute atomic E-state index is 0.0449. The third-order valence-electron chi connectivity index (χ3n) is 8.76. The molecule has 46 heavy (non-hydrogen) atoms. The van der Waals surface area contributed by atoms with Gasteiger partial charge in [0.05, 0.1) is 11.7 Å². The van der Waals surface area contributed by atoms with Gasteiger partial charge in [0, 0.05) is 62.3 Å². The number of alkyl halides is 3. The summed E-state index contributed by atoms with van der Waals surface area (Å²) in [7, 11) is 0. The normalized spacial score (nSPS) is 19.6. The average molecular weight is 634 g/mol. The first-order valence-corrected chi connectivity index (χ1v) is 15.1. The van der Waals surface area contributed by atoms with Gasteiger partial charge < -0.3 is 25.3 Å². The first-order valence-electron chi connectivity index (χ1n) is 15.1. The highest BCUT2D eigenvalue weighted by atomic mass is 19.4. The molecule has 0 unspecified atom stereocenters. The Morgan fingerprint density at radius 2 is 1.87 bits per heavy atom. The van der Waals surface area contributed by atoms with Crippen LogP contribution in [0.15, 0.2) is 79.1 Å². The van der Waals surface area contributed by atoms with Gasteiger partial charge in [-0.3, -0.25) is 9.89 Å². The van der Waals surface area contributed by atoms with Crippen LogP contribution in [0.4, 0.5) is 28.4 Å². The molecule has 1 fully saturated rings. The first-order chi connectivity index (χ1) is 22.1. The number of hydrogen-bond acceptors (Lipinski definition) is 4. The number of aromatic amines is 1. The predicted molar refractivity (Wildman–Crippen MR) is 167 cm³/mol. The SMILES string of the molecule is C=C/C=C(\C=CC(F)(F)F)CN1Cc2c(ccc3[nH]ncc23)C[C@@H](NC(=O)N2CCC(N3Cc4ccccc4NC3=O)CC2)C1=O. The molecule has 1 saturated heterocycles. The number of benzene rings is 2. The van der Waals surface area contributed by atoms with E-state index in [1.54, 1.807) is 16.0 Å². The van der Waals surface area contributed by atoms with E-state index in [1.165, 1.54) is 17.1 Å². The topological polar surface area (TPSA) is 114 Å². The molecule has 13 heteroatoms. The molecule has 240 valence electrons. The number of rotatable bonds is 6. The van der Waals surface area contributed by atoms with Gasteiger partial charge in [-0.05, 0) is 47.2 Å². The summed E-state index contributed by atoms with van der Waals surface area (Å²) in [4.78, 5) is 45.2. The zero-order valence-corrected chi connectivity index (χ0v) is 25.0. The zero-order chi connectivity index (χ0) is 32.4. The Hall–Kier alpha value is -5.07. The van der Waals surface area contributed by atoms with Crippen LogP contribution >= 0.6 is 0 Å². The van der Waals surface area contributed by atoms with Gasteiger partial charge in [-0.2, -0.15) is 18.3 Å². The molecule has 1 aromatic heterocycles. The largest absolute Gasteiger partial charge is 0.409 e. The van der Waals surface area contributed by atoms with Crippen molar-refractivity contribution in [3.8, 4) is 0 Å². The standard InChI is InChI=1S/C33H34F3N7O3/c1-2-5-21(10-13-33(34,35)36)18-42-20-26-22(8-9-28-25(26)17-37-40-28)16-29(30(42)44)39-31(45)41-14-11-24(12-15-41)43-19-23-6-3-4-7-27(23)38-32(43)46/h2-10,13,17,24,29H,1,11-12,14-16,18-20H2,(H,37,40)(H,38,46)(H,39,45)/b13-10?,21-5+/t29-/m1/s1. The fraction of sp³-hybridized carbons (Fsp3) is 0.333. The number of anilines is 1. The van der Waals surface area contributed by atoms with Gasteiger partial charge in [-0.15, -0.1) is 0 Å². The molecule has 3 aliphatic heterocycles. The molecule has 10 nitrogen and oxygen atoms in total. The van der Waals surface area contributed by atoms with Crippen molar-refractivity contribution in [2.24, 2.45) is 0 Å². The number of nitrogens with zero attached hydrogens (tertiary/aromatic N) is 4. The number of urea groups is 2. The molecule has 0 bridgehead atoms. The summed E-state index contributed by atoms with van der Waals surface area (Å²) >= 11 is 0. The van der Waals surface area contributed by atoms with Gasteiger partial charge in [0.25, 0.3) is 0 Å². The number of likely N-dealkylation sites (tertiary alicyclic amines) is 1. The third kappa shape index (κ3) is 6.63. The third-order valence-corrected chi connectivity index (χ3v) is 8.76. The lowest BCUT2D eigenvalue weighted by Gasteiger charge is -2.40. The van der Waals surface area contributed by atoms with Crippen LogP contribution in [0.1, 0.15) is 29.5 Å². The van der Waals surface area contributed by atoms with Gasteiger partial charge in [-0.1, -0.05) is 49.1 Å². The highest BCUT2D eigenvalue weighted by Crippen LogP contribution is 2.30. The Kier molecular flexibility index (Phi) is 8.57. The maximum Gasteiger partial charge on any atom is 0.409 e. The number of allylic oxidation sites excluding steroid dienone is 3. The van der Waals surface area contributed by atoms with Crippen LogP contribution in [0, 0.1) is 0 Å². The lowest BCUT2D eigenvalue weighted by Crippen LogP contribution is -2.56. The summed E-state index contributed by atoms with van der Waals surface area (Å²) in [5.74, 6) is -0.407. The molecule has 6 rings (SSSR count). The average Bonchev–Trinajstić information content (AvgIpc) is 3.47. The molecular formula is C33H34F3N7O3. The van der Waals surface area contributed by atoms with E-state index < -0.39 is 24.2 Å². The minimum atomic E-state index is -4.52. The van der Waals surface area contributed by atoms with Gasteiger partial charge in [0.1, 0.15) is 6.04 Å². The summed E-state index contributed by atoms with van der Waals surface area (Å²) in [6, 6.07) is 9.84. The Labute approximate surface area is 263 Å². The second-order valence-electron chi connectivity index (χ2n) is 11.7. The molecule has 5 amide bonds. The van der Waals surface area contributed by atoms with Crippen LogP contribution in [-0.2, 0) is 24.3 Å². The van der Waals surface area contributed by atoms with Crippen molar-refractivity contribution in [2.45, 2.75) is 50.6 Å². The number of carbonyl (C=O) groups excluding carboxylic acids is 3. The lowest BCUT2D eigenvalue weighted by atomic mass is 9.98. The van der Waals surface area contributed by atoms with Gasteiger partial charge in [0.2, 0.25) is 5.91 Å². The number of nitrogens with one attached hydrogen (secondary N) is 3. The molecular weight excluding hydrogens is 599 g/mol. The molecule has 1 atom stereocenters. The van der Waals surface area contributed by atoms with Crippen LogP contribution in [0.2, 0.25) is 0 Å². The number of amides is 5. The summed E-state index contributed by atoms with van der Waals surface area (Å²) in [5.41, 5.74) is 4.50. The van der Waals surface area contributed by atoms with Crippen LogP contribution in [-0.4, -0.2) is 80.8 Å². The van der Waals surface area contributed by atoms with Crippen molar-refractivity contribution in [3.63, 3.8) is 0 Å². The maximum atomic E-state index is 14.0. The van der Waals surface area contributed by atoms with Crippen molar-refractivity contribution in [1.29, 1.82) is 0 Å². The molecule has 3 N–H and O–H groups in total.